The summed E-state index contributed by atoms with van der Waals surface area (Å²) in [5.41, 5.74) is 0.716. The molecule has 1 heterocycles. The topological polar surface area (TPSA) is 59.9 Å². The number of ether oxygens (including phenoxy) is 1. The van der Waals surface area contributed by atoms with Crippen molar-refractivity contribution in [3.63, 3.8) is 0 Å². The van der Waals surface area contributed by atoms with Gasteiger partial charge in [0.05, 0.1) is 13.7 Å². The average Bonchev–Trinajstić information content (AvgIpc) is 2.60. The lowest BCUT2D eigenvalue weighted by atomic mass is 10.2. The molecular weight excluding hydrogens is 274 g/mol. The number of nitrogens with one attached hydrogen (secondary N) is 1. The smallest absolute Gasteiger partial charge is 0.346 e. The van der Waals surface area contributed by atoms with E-state index in [0.29, 0.717) is 6.54 Å². The molecule has 0 atom stereocenters. The molecule has 0 unspecified atom stereocenters. The van der Waals surface area contributed by atoms with E-state index in [-0.39, 0.29) is 11.7 Å². The quantitative estimate of drug-likeness (QED) is 0.926. The number of hydrogen-bond donors (Lipinski definition) is 1. The molecule has 0 spiro atoms. The second-order valence-electron chi connectivity index (χ2n) is 3.23. The zero-order valence-electron chi connectivity index (χ0n) is 8.61. The minimum absolute atomic E-state index is 0.281. The summed E-state index contributed by atoms with van der Waals surface area (Å²) in [6.07, 6.45) is 0. The molecule has 0 bridgehead atoms. The van der Waals surface area contributed by atoms with E-state index in [1.54, 1.807) is 0 Å². The van der Waals surface area contributed by atoms with Gasteiger partial charge in [0.25, 0.3) is 0 Å². The van der Waals surface area contributed by atoms with Gasteiger partial charge in [0.1, 0.15) is 0 Å². The van der Waals surface area contributed by atoms with Gasteiger partial charge in [-0.25, -0.2) is 14.5 Å². The first-order chi connectivity index (χ1) is 7.70. The van der Waals surface area contributed by atoms with Gasteiger partial charge in [0, 0.05) is 4.47 Å². The van der Waals surface area contributed by atoms with Crippen LogP contribution in [0.1, 0.15) is 5.56 Å². The van der Waals surface area contributed by atoms with Crippen molar-refractivity contribution in [3.8, 4) is 6.01 Å². The normalized spacial score (nSPS) is 10.4. The van der Waals surface area contributed by atoms with Crippen LogP contribution in [-0.4, -0.2) is 21.9 Å². The second kappa shape index (κ2) is 4.52. The molecule has 1 aromatic heterocycles. The lowest BCUT2D eigenvalue weighted by Crippen LogP contribution is -2.18. The fourth-order valence-corrected chi connectivity index (χ4v) is 1.86. The fourth-order valence-electron chi connectivity index (χ4n) is 1.42. The number of hydrogen-bond acceptors (Lipinski definition) is 3. The van der Waals surface area contributed by atoms with Crippen molar-refractivity contribution >= 4 is 15.9 Å². The van der Waals surface area contributed by atoms with Crippen molar-refractivity contribution in [1.82, 2.24) is 14.8 Å². The molecule has 2 aromatic rings. The Morgan fingerprint density at radius 3 is 3.06 bits per heavy atom. The van der Waals surface area contributed by atoms with Crippen molar-refractivity contribution in [3.05, 3.63) is 44.8 Å². The lowest BCUT2D eigenvalue weighted by Gasteiger charge is -2.04. The molecule has 0 saturated carbocycles. The monoisotopic (exact) mass is 283 g/mol. The van der Waals surface area contributed by atoms with Crippen molar-refractivity contribution in [2.45, 2.75) is 6.54 Å². The van der Waals surface area contributed by atoms with Gasteiger partial charge in [-0.05, 0) is 17.7 Å². The number of H-pyrrole nitrogens is 1. The molecule has 0 fully saturated rings. The zero-order chi connectivity index (χ0) is 11.5. The van der Waals surface area contributed by atoms with Crippen LogP contribution in [0, 0.1) is 0 Å². The Labute approximate surface area is 100 Å². The summed E-state index contributed by atoms with van der Waals surface area (Å²) in [5, 5.41) is 6.09. The third-order valence-corrected chi connectivity index (χ3v) is 2.63. The highest BCUT2D eigenvalue weighted by Gasteiger charge is 2.08. The zero-order valence-corrected chi connectivity index (χ0v) is 10.2. The summed E-state index contributed by atoms with van der Waals surface area (Å²) in [6, 6.07) is 8.00. The summed E-state index contributed by atoms with van der Waals surface area (Å²) >= 11 is 3.38. The van der Waals surface area contributed by atoms with Gasteiger partial charge in [-0.1, -0.05) is 28.1 Å². The maximum atomic E-state index is 11.4. The van der Waals surface area contributed by atoms with E-state index in [9.17, 15) is 4.79 Å². The van der Waals surface area contributed by atoms with Gasteiger partial charge in [0.15, 0.2) is 0 Å². The van der Waals surface area contributed by atoms with Crippen LogP contribution in [-0.2, 0) is 6.54 Å². The number of nitrogens with zero attached hydrogens (tertiary/aromatic N) is 2. The first kappa shape index (κ1) is 10.9. The minimum atomic E-state index is -0.281. The Morgan fingerprint density at radius 2 is 2.38 bits per heavy atom. The Kier molecular flexibility index (Phi) is 3.09. The van der Waals surface area contributed by atoms with Crippen LogP contribution >= 0.6 is 15.9 Å². The molecule has 84 valence electrons. The molecule has 0 aliphatic heterocycles. The van der Waals surface area contributed by atoms with E-state index in [0.717, 1.165) is 10.0 Å². The van der Waals surface area contributed by atoms with E-state index in [4.69, 9.17) is 4.74 Å². The third-order valence-electron chi connectivity index (χ3n) is 2.14. The third kappa shape index (κ3) is 2.16. The van der Waals surface area contributed by atoms with Crippen molar-refractivity contribution < 1.29 is 4.74 Å². The Balaban J connectivity index is 2.33. The van der Waals surface area contributed by atoms with Crippen molar-refractivity contribution in [1.29, 1.82) is 0 Å². The highest BCUT2D eigenvalue weighted by molar-refractivity contribution is 9.10. The number of halogens is 1. The molecule has 16 heavy (non-hydrogen) atoms. The first-order valence-corrected chi connectivity index (χ1v) is 5.43. The van der Waals surface area contributed by atoms with Gasteiger partial charge in [-0.2, -0.15) is 0 Å². The van der Waals surface area contributed by atoms with Gasteiger partial charge >= 0.3 is 11.7 Å². The summed E-state index contributed by atoms with van der Waals surface area (Å²) in [7, 11) is 1.48. The van der Waals surface area contributed by atoms with E-state index in [2.05, 4.69) is 26.1 Å². The van der Waals surface area contributed by atoms with Crippen LogP contribution in [0.2, 0.25) is 0 Å². The van der Waals surface area contributed by atoms with Gasteiger partial charge in [0.2, 0.25) is 0 Å². The lowest BCUT2D eigenvalue weighted by molar-refractivity contribution is 0.358. The van der Waals surface area contributed by atoms with Gasteiger partial charge < -0.3 is 4.74 Å². The second-order valence-corrected chi connectivity index (χ2v) is 4.15. The molecule has 0 aliphatic carbocycles. The number of aromatic nitrogens is 3. The standard InChI is InChI=1S/C10H10BrN3O2/c1-16-10-13-12-9(15)14(10)6-7-3-2-4-8(11)5-7/h2-5H,6H2,1H3,(H,12,15). The van der Waals surface area contributed by atoms with E-state index >= 15 is 0 Å². The fraction of sp³-hybridized carbons (Fsp3) is 0.200. The molecule has 0 saturated heterocycles. The van der Waals surface area contributed by atoms with E-state index in [1.807, 2.05) is 24.3 Å². The predicted octanol–water partition coefficient (Wildman–Crippen LogP) is 1.39. The van der Waals surface area contributed by atoms with Crippen LogP contribution < -0.4 is 10.4 Å². The number of methoxy groups -OCH3 is 1. The number of aromatic amines is 1. The molecule has 6 heteroatoms. The summed E-state index contributed by atoms with van der Waals surface area (Å²) in [6.45, 7) is 0.429. The first-order valence-electron chi connectivity index (χ1n) is 4.64. The average molecular weight is 284 g/mol. The molecular formula is C10H10BrN3O2. The molecule has 0 radical (unpaired) electrons. The Morgan fingerprint density at radius 1 is 1.56 bits per heavy atom. The molecule has 1 N–H and O–H groups in total. The van der Waals surface area contributed by atoms with Crippen molar-refractivity contribution in [2.24, 2.45) is 0 Å². The maximum Gasteiger partial charge on any atom is 0.346 e. The summed E-state index contributed by atoms with van der Waals surface area (Å²) < 4.78 is 7.38. The Bertz CT molecular complexity index is 547. The molecule has 0 amide bonds. The maximum absolute atomic E-state index is 11.4. The van der Waals surface area contributed by atoms with Crippen LogP contribution in [0.5, 0.6) is 6.01 Å². The highest BCUT2D eigenvalue weighted by Crippen LogP contribution is 2.13. The molecule has 5 nitrogen and oxygen atoms in total. The van der Waals surface area contributed by atoms with Crippen molar-refractivity contribution in [2.75, 3.05) is 7.11 Å². The van der Waals surface area contributed by atoms with Crippen LogP contribution in [0.3, 0.4) is 0 Å². The van der Waals surface area contributed by atoms with E-state index < -0.39 is 0 Å². The minimum Gasteiger partial charge on any atom is -0.467 e. The molecule has 0 aliphatic rings. The SMILES string of the molecule is COc1n[nH]c(=O)n1Cc1cccc(Br)c1. The van der Waals surface area contributed by atoms with Crippen LogP contribution in [0.25, 0.3) is 0 Å². The highest BCUT2D eigenvalue weighted by atomic mass is 79.9. The molecule has 2 rings (SSSR count). The Hall–Kier alpha value is -1.56. The summed E-state index contributed by atoms with van der Waals surface area (Å²) in [4.78, 5) is 11.4. The summed E-state index contributed by atoms with van der Waals surface area (Å²) in [5.74, 6) is 0. The predicted molar refractivity (Wildman–Crippen MR) is 62.6 cm³/mol. The number of benzene rings is 1. The molecule has 1 aromatic carbocycles. The van der Waals surface area contributed by atoms with Crippen LogP contribution in [0.15, 0.2) is 33.5 Å². The van der Waals surface area contributed by atoms with Gasteiger partial charge in [-0.3, -0.25) is 0 Å². The van der Waals surface area contributed by atoms with E-state index in [1.165, 1.54) is 11.7 Å². The van der Waals surface area contributed by atoms with Crippen LogP contribution in [0.4, 0.5) is 0 Å². The number of rotatable bonds is 3. The largest absolute Gasteiger partial charge is 0.467 e. The van der Waals surface area contributed by atoms with Gasteiger partial charge in [-0.15, -0.1) is 5.10 Å².